The molecule has 5 nitrogen and oxygen atoms in total. The van der Waals surface area contributed by atoms with E-state index >= 15 is 0 Å². The molecule has 0 unspecified atom stereocenters. The predicted octanol–water partition coefficient (Wildman–Crippen LogP) is 2.43. The van der Waals surface area contributed by atoms with Gasteiger partial charge in [0.2, 0.25) is 0 Å². The van der Waals surface area contributed by atoms with Crippen molar-refractivity contribution in [1.29, 1.82) is 0 Å². The lowest BCUT2D eigenvalue weighted by Crippen LogP contribution is -2.28. The number of rotatable bonds is 5. The van der Waals surface area contributed by atoms with Crippen LogP contribution in [0.5, 0.6) is 5.75 Å². The monoisotopic (exact) mass is 364 g/mol. The van der Waals surface area contributed by atoms with Crippen LogP contribution in [0.4, 0.5) is 0 Å². The average Bonchev–Trinajstić information content (AvgIpc) is 3.46. The van der Waals surface area contributed by atoms with Crippen molar-refractivity contribution in [2.75, 3.05) is 20.7 Å². The van der Waals surface area contributed by atoms with Gasteiger partial charge in [-0.1, -0.05) is 24.0 Å². The maximum Gasteiger partial charge on any atom is 0.259 e. The number of amides is 1. The Hall–Kier alpha value is -3.00. The van der Waals surface area contributed by atoms with Crippen LogP contribution < -0.4 is 10.3 Å². The number of likely N-dealkylation sites (N-methyl/N-ethyl adjacent to an activating group) is 1. The van der Waals surface area contributed by atoms with Gasteiger partial charge < -0.3 is 14.2 Å². The number of carbonyl (C=O) groups excluding carboxylic acids is 1. The maximum atomic E-state index is 12.5. The molecule has 0 aliphatic heterocycles. The summed E-state index contributed by atoms with van der Waals surface area (Å²) in [5.41, 5.74) is 2.67. The van der Waals surface area contributed by atoms with Crippen LogP contribution in [0.25, 0.3) is 0 Å². The molecule has 1 heterocycles. The van der Waals surface area contributed by atoms with E-state index in [2.05, 4.69) is 11.8 Å². The van der Waals surface area contributed by atoms with Gasteiger partial charge in [0.05, 0.1) is 6.54 Å². The van der Waals surface area contributed by atoms with Gasteiger partial charge in [-0.15, -0.1) is 0 Å². The van der Waals surface area contributed by atoms with E-state index in [1.807, 2.05) is 31.2 Å². The van der Waals surface area contributed by atoms with E-state index in [0.29, 0.717) is 18.2 Å². The van der Waals surface area contributed by atoms with Gasteiger partial charge in [-0.2, -0.15) is 0 Å². The number of carbonyl (C=O) groups is 1. The molecule has 1 aromatic heterocycles. The fraction of sp³-hybridized carbons (Fsp3) is 0.364. The Kier molecular flexibility index (Phi) is 5.66. The maximum absolute atomic E-state index is 12.5. The van der Waals surface area contributed by atoms with Gasteiger partial charge in [0, 0.05) is 37.3 Å². The van der Waals surface area contributed by atoms with E-state index in [4.69, 9.17) is 4.74 Å². The molecule has 1 fully saturated rings. The first-order valence-electron chi connectivity index (χ1n) is 9.07. The summed E-state index contributed by atoms with van der Waals surface area (Å²) in [6.07, 6.45) is 2.44. The fourth-order valence-corrected chi connectivity index (χ4v) is 2.55. The van der Waals surface area contributed by atoms with Crippen LogP contribution in [-0.2, 0) is 11.3 Å². The summed E-state index contributed by atoms with van der Waals surface area (Å²) >= 11 is 0. The van der Waals surface area contributed by atoms with Crippen molar-refractivity contribution >= 4 is 5.91 Å². The van der Waals surface area contributed by atoms with Crippen molar-refractivity contribution in [2.24, 2.45) is 5.92 Å². The zero-order valence-corrected chi connectivity index (χ0v) is 16.0. The summed E-state index contributed by atoms with van der Waals surface area (Å²) in [5.74, 6) is 7.28. The van der Waals surface area contributed by atoms with E-state index in [-0.39, 0.29) is 18.1 Å². The van der Waals surface area contributed by atoms with Crippen molar-refractivity contribution in [3.05, 3.63) is 63.6 Å². The number of benzene rings is 1. The highest BCUT2D eigenvalue weighted by molar-refractivity contribution is 5.77. The number of aromatic nitrogens is 1. The topological polar surface area (TPSA) is 51.5 Å². The number of hydrogen-bond acceptors (Lipinski definition) is 3. The number of nitrogens with zero attached hydrogens (tertiary/aromatic N) is 2. The highest BCUT2D eigenvalue weighted by atomic mass is 16.5. The highest BCUT2D eigenvalue weighted by Gasteiger charge is 2.17. The summed E-state index contributed by atoms with van der Waals surface area (Å²) in [4.78, 5) is 25.5. The average molecular weight is 364 g/mol. The molecule has 1 amide bonds. The van der Waals surface area contributed by atoms with E-state index < -0.39 is 0 Å². The van der Waals surface area contributed by atoms with Gasteiger partial charge in [0.1, 0.15) is 5.75 Å². The number of aryl methyl sites for hydroxylation is 1. The minimum atomic E-state index is -0.153. The van der Waals surface area contributed by atoms with Crippen LogP contribution in [0.2, 0.25) is 0 Å². The predicted molar refractivity (Wildman–Crippen MR) is 105 cm³/mol. The molecule has 0 N–H and O–H groups in total. The second kappa shape index (κ2) is 8.13. The third-order valence-electron chi connectivity index (χ3n) is 4.46. The zero-order chi connectivity index (χ0) is 19.4. The first-order valence-corrected chi connectivity index (χ1v) is 9.07. The Morgan fingerprint density at radius 3 is 2.52 bits per heavy atom. The van der Waals surface area contributed by atoms with E-state index in [9.17, 15) is 9.59 Å². The normalized spacial score (nSPS) is 12.9. The van der Waals surface area contributed by atoms with Gasteiger partial charge in [-0.3, -0.25) is 9.59 Å². The Labute approximate surface area is 159 Å². The summed E-state index contributed by atoms with van der Waals surface area (Å²) in [7, 11) is 3.33. The molecule has 0 bridgehead atoms. The van der Waals surface area contributed by atoms with Crippen LogP contribution in [-0.4, -0.2) is 36.1 Å². The molecule has 1 aliphatic carbocycles. The van der Waals surface area contributed by atoms with Crippen LogP contribution >= 0.6 is 0 Å². The SMILES string of the molecule is Cc1cc(OCC(=O)N(C)C)cc(=O)n1Cc1ccc(C#CC2CC2)cc1. The number of pyridine rings is 1. The highest BCUT2D eigenvalue weighted by Crippen LogP contribution is 2.27. The van der Waals surface area contributed by atoms with Gasteiger partial charge in [-0.25, -0.2) is 0 Å². The standard InChI is InChI=1S/C22H24N2O3/c1-16-12-20(27-15-22(26)23(2)3)13-21(25)24(16)14-19-10-8-18(9-11-19)7-6-17-4-5-17/h8-13,17H,4-5,14-15H2,1-3H3. The van der Waals surface area contributed by atoms with Gasteiger partial charge >= 0.3 is 0 Å². The van der Waals surface area contributed by atoms with Gasteiger partial charge in [0.15, 0.2) is 6.61 Å². The summed E-state index contributed by atoms with van der Waals surface area (Å²) < 4.78 is 7.13. The first kappa shape index (κ1) is 18.8. The first-order chi connectivity index (χ1) is 12.9. The molecule has 0 radical (unpaired) electrons. The Bertz CT molecular complexity index is 942. The minimum Gasteiger partial charge on any atom is -0.484 e. The summed E-state index contributed by atoms with van der Waals surface area (Å²) in [6, 6.07) is 11.2. The van der Waals surface area contributed by atoms with Crippen LogP contribution in [0, 0.1) is 24.7 Å². The smallest absolute Gasteiger partial charge is 0.259 e. The Morgan fingerprint density at radius 2 is 1.93 bits per heavy atom. The van der Waals surface area contributed by atoms with Gasteiger partial charge in [0.25, 0.3) is 11.5 Å². The fourth-order valence-electron chi connectivity index (χ4n) is 2.55. The molecule has 0 atom stereocenters. The number of hydrogen-bond donors (Lipinski definition) is 0. The zero-order valence-electron chi connectivity index (χ0n) is 16.0. The van der Waals surface area contributed by atoms with E-state index in [1.54, 1.807) is 24.7 Å². The molecule has 1 aromatic carbocycles. The summed E-state index contributed by atoms with van der Waals surface area (Å²) in [6.45, 7) is 2.26. The van der Waals surface area contributed by atoms with Crippen LogP contribution in [0.1, 0.15) is 29.7 Å². The largest absolute Gasteiger partial charge is 0.484 e. The molecule has 5 heteroatoms. The molecule has 1 aliphatic rings. The van der Waals surface area contributed by atoms with Crippen molar-refractivity contribution < 1.29 is 9.53 Å². The lowest BCUT2D eigenvalue weighted by molar-refractivity contribution is -0.130. The lowest BCUT2D eigenvalue weighted by atomic mass is 10.1. The molecular weight excluding hydrogens is 340 g/mol. The second-order valence-electron chi connectivity index (χ2n) is 7.07. The van der Waals surface area contributed by atoms with Crippen molar-refractivity contribution in [2.45, 2.75) is 26.3 Å². The van der Waals surface area contributed by atoms with Crippen LogP contribution in [0.15, 0.2) is 41.2 Å². The molecule has 0 saturated heterocycles. The molecule has 1 saturated carbocycles. The summed E-state index contributed by atoms with van der Waals surface area (Å²) in [5, 5.41) is 0. The lowest BCUT2D eigenvalue weighted by Gasteiger charge is -2.14. The number of ether oxygens (including phenoxy) is 1. The molecular formula is C22H24N2O3. The quantitative estimate of drug-likeness (QED) is 0.766. The molecule has 27 heavy (non-hydrogen) atoms. The third kappa shape index (κ3) is 5.24. The van der Waals surface area contributed by atoms with E-state index in [1.165, 1.54) is 23.8 Å². The minimum absolute atomic E-state index is 0.0841. The van der Waals surface area contributed by atoms with Crippen molar-refractivity contribution in [3.63, 3.8) is 0 Å². The van der Waals surface area contributed by atoms with Crippen molar-refractivity contribution in [3.8, 4) is 17.6 Å². The third-order valence-corrected chi connectivity index (χ3v) is 4.46. The molecule has 0 spiro atoms. The molecule has 2 aromatic rings. The van der Waals surface area contributed by atoms with Crippen molar-refractivity contribution in [1.82, 2.24) is 9.47 Å². The molecule has 3 rings (SSSR count). The van der Waals surface area contributed by atoms with Gasteiger partial charge in [-0.05, 0) is 43.5 Å². The Balaban J connectivity index is 1.68. The molecule has 140 valence electrons. The Morgan fingerprint density at radius 1 is 1.22 bits per heavy atom. The van der Waals surface area contributed by atoms with Crippen LogP contribution in [0.3, 0.4) is 0 Å². The second-order valence-corrected chi connectivity index (χ2v) is 7.07. The van der Waals surface area contributed by atoms with E-state index in [0.717, 1.165) is 16.8 Å².